The second kappa shape index (κ2) is 11.3. The van der Waals surface area contributed by atoms with Gasteiger partial charge in [0.25, 0.3) is 0 Å². The van der Waals surface area contributed by atoms with Crippen LogP contribution in [0.4, 0.5) is 0 Å². The number of rotatable bonds is 3. The number of hydrogen-bond acceptors (Lipinski definition) is 2. The summed E-state index contributed by atoms with van der Waals surface area (Å²) in [6.45, 7) is 0. The third kappa shape index (κ3) is 4.24. The van der Waals surface area contributed by atoms with Gasteiger partial charge in [-0.05, 0) is 98.5 Å². The van der Waals surface area contributed by atoms with Crippen LogP contribution in [0.5, 0.6) is 0 Å². The second-order valence-corrected chi connectivity index (χ2v) is 14.8. The molecule has 12 rings (SSSR count). The van der Waals surface area contributed by atoms with Crippen molar-refractivity contribution in [3.8, 4) is 50.6 Å². The van der Waals surface area contributed by atoms with Crippen LogP contribution in [-0.4, -0.2) is 14.5 Å². The van der Waals surface area contributed by atoms with Crippen LogP contribution in [0.2, 0.25) is 0 Å². The monoisotopic (exact) mass is 687 g/mol. The number of fused-ring (bicyclic) bond motifs is 11. The van der Waals surface area contributed by atoms with E-state index in [0.717, 1.165) is 40.5 Å². The average Bonchev–Trinajstić information content (AvgIpc) is 3.66. The van der Waals surface area contributed by atoms with Crippen LogP contribution in [0.25, 0.3) is 94.1 Å². The number of aromatic nitrogens is 3. The normalized spacial score (nSPS) is 14.3. The zero-order valence-corrected chi connectivity index (χ0v) is 29.5. The largest absolute Gasteiger partial charge is 0.277 e. The van der Waals surface area contributed by atoms with Crippen molar-refractivity contribution in [3.05, 3.63) is 187 Å². The fourth-order valence-electron chi connectivity index (χ4n) is 9.56. The minimum absolute atomic E-state index is 0.300. The van der Waals surface area contributed by atoms with Gasteiger partial charge in [-0.2, -0.15) is 0 Å². The SMILES string of the molecule is c1ccc(-c2ccc(-c3nc(-n4c5ccccc5c5cc6c7c(c54)-c4ccccc4CCC7c4cc5ccccc5cc4-6)nc4ccccc34)cc2)cc1. The van der Waals surface area contributed by atoms with Gasteiger partial charge in [0.2, 0.25) is 5.95 Å². The summed E-state index contributed by atoms with van der Waals surface area (Å²) in [5.74, 6) is 0.992. The van der Waals surface area contributed by atoms with Crippen LogP contribution in [0.15, 0.2) is 170 Å². The molecule has 0 amide bonds. The molecule has 8 aromatic carbocycles. The highest BCUT2D eigenvalue weighted by atomic mass is 15.2. The topological polar surface area (TPSA) is 30.7 Å². The predicted octanol–water partition coefficient (Wildman–Crippen LogP) is 12.9. The summed E-state index contributed by atoms with van der Waals surface area (Å²) in [6, 6.07) is 61.9. The van der Waals surface area contributed by atoms with Crippen molar-refractivity contribution >= 4 is 43.5 Å². The van der Waals surface area contributed by atoms with Crippen LogP contribution in [-0.2, 0) is 6.42 Å². The predicted molar refractivity (Wildman–Crippen MR) is 223 cm³/mol. The molecule has 0 bridgehead atoms. The third-order valence-electron chi connectivity index (χ3n) is 12.0. The Morgan fingerprint density at radius 3 is 2.06 bits per heavy atom. The molecule has 1 atom stereocenters. The highest BCUT2D eigenvalue weighted by molar-refractivity contribution is 6.17. The van der Waals surface area contributed by atoms with Crippen molar-refractivity contribution in [2.45, 2.75) is 18.8 Å². The van der Waals surface area contributed by atoms with Crippen molar-refractivity contribution < 1.29 is 0 Å². The molecule has 0 N–H and O–H groups in total. The maximum Gasteiger partial charge on any atom is 0.235 e. The van der Waals surface area contributed by atoms with Crippen molar-refractivity contribution in [2.24, 2.45) is 0 Å². The molecule has 252 valence electrons. The quantitative estimate of drug-likeness (QED) is 0.185. The Balaban J connectivity index is 1.18. The van der Waals surface area contributed by atoms with E-state index in [4.69, 9.17) is 9.97 Å². The molecule has 0 fully saturated rings. The van der Waals surface area contributed by atoms with E-state index in [1.165, 1.54) is 77.1 Å². The molecule has 1 unspecified atom stereocenters. The highest BCUT2D eigenvalue weighted by Crippen LogP contribution is 2.57. The lowest BCUT2D eigenvalue weighted by atomic mass is 9.88. The molecule has 10 aromatic rings. The molecule has 3 nitrogen and oxygen atoms in total. The van der Waals surface area contributed by atoms with Gasteiger partial charge in [-0.3, -0.25) is 4.57 Å². The van der Waals surface area contributed by atoms with Crippen molar-refractivity contribution in [1.82, 2.24) is 14.5 Å². The van der Waals surface area contributed by atoms with Gasteiger partial charge in [0.05, 0.1) is 22.2 Å². The van der Waals surface area contributed by atoms with Gasteiger partial charge in [-0.25, -0.2) is 9.97 Å². The van der Waals surface area contributed by atoms with Crippen LogP contribution in [0, 0.1) is 0 Å². The lowest BCUT2D eigenvalue weighted by Gasteiger charge is -2.18. The van der Waals surface area contributed by atoms with Gasteiger partial charge in [0.1, 0.15) is 0 Å². The summed E-state index contributed by atoms with van der Waals surface area (Å²) in [5.41, 5.74) is 17.3. The van der Waals surface area contributed by atoms with Crippen molar-refractivity contribution in [2.75, 3.05) is 0 Å². The number of hydrogen-bond donors (Lipinski definition) is 0. The van der Waals surface area contributed by atoms with Crippen molar-refractivity contribution in [1.29, 1.82) is 0 Å². The minimum atomic E-state index is 0.300. The Morgan fingerprint density at radius 2 is 1.19 bits per heavy atom. The van der Waals surface area contributed by atoms with Gasteiger partial charge in [-0.15, -0.1) is 0 Å². The van der Waals surface area contributed by atoms with Gasteiger partial charge in [-0.1, -0.05) is 140 Å². The molecule has 0 aliphatic heterocycles. The standard InChI is InChI=1S/C51H33N3/c1-2-12-31(13-3-1)32-22-24-34(25-23-32)49-40-19-8-10-20-45(40)52-51(53-49)54-46-21-11-9-18-38(46)44-30-43-42-29-36-16-5-4-15-35(36)28-41(42)39-27-26-33-14-6-7-17-37(33)48(47(39)43)50(44)54/h1-25,28-30,39H,26-27H2. The third-order valence-corrected chi connectivity index (χ3v) is 12.0. The van der Waals surface area contributed by atoms with E-state index in [0.29, 0.717) is 11.9 Å². The summed E-state index contributed by atoms with van der Waals surface area (Å²) in [7, 11) is 0. The zero-order chi connectivity index (χ0) is 35.3. The van der Waals surface area contributed by atoms with E-state index >= 15 is 0 Å². The summed E-state index contributed by atoms with van der Waals surface area (Å²) in [4.78, 5) is 10.9. The summed E-state index contributed by atoms with van der Waals surface area (Å²) < 4.78 is 2.37. The molecule has 2 aliphatic rings. The molecule has 54 heavy (non-hydrogen) atoms. The first-order valence-electron chi connectivity index (χ1n) is 18.9. The first-order chi connectivity index (χ1) is 26.8. The maximum absolute atomic E-state index is 5.53. The smallest absolute Gasteiger partial charge is 0.235 e. The summed E-state index contributed by atoms with van der Waals surface area (Å²) in [6.07, 6.45) is 2.10. The van der Waals surface area contributed by atoms with E-state index < -0.39 is 0 Å². The van der Waals surface area contributed by atoms with Gasteiger partial charge < -0.3 is 0 Å². The fourth-order valence-corrected chi connectivity index (χ4v) is 9.56. The molecule has 0 saturated carbocycles. The Morgan fingerprint density at radius 1 is 0.500 bits per heavy atom. The van der Waals surface area contributed by atoms with E-state index in [2.05, 4.69) is 174 Å². The van der Waals surface area contributed by atoms with E-state index in [1.54, 1.807) is 0 Å². The molecule has 3 heteroatoms. The second-order valence-electron chi connectivity index (χ2n) is 14.8. The fraction of sp³-hybridized carbons (Fsp3) is 0.0588. The van der Waals surface area contributed by atoms with Gasteiger partial charge >= 0.3 is 0 Å². The van der Waals surface area contributed by atoms with Crippen molar-refractivity contribution in [3.63, 3.8) is 0 Å². The van der Waals surface area contributed by atoms with Crippen LogP contribution < -0.4 is 0 Å². The van der Waals surface area contributed by atoms with E-state index in [9.17, 15) is 0 Å². The molecule has 0 radical (unpaired) electrons. The zero-order valence-electron chi connectivity index (χ0n) is 29.5. The molecular weight excluding hydrogens is 655 g/mol. The minimum Gasteiger partial charge on any atom is -0.277 e. The lowest BCUT2D eigenvalue weighted by Crippen LogP contribution is -2.05. The van der Waals surface area contributed by atoms with Crippen LogP contribution in [0.3, 0.4) is 0 Å². The van der Waals surface area contributed by atoms with E-state index in [-0.39, 0.29) is 0 Å². The molecule has 0 spiro atoms. The first kappa shape index (κ1) is 29.7. The molecule has 2 aliphatic carbocycles. The highest BCUT2D eigenvalue weighted by Gasteiger charge is 2.37. The Labute approximate surface area is 312 Å². The number of para-hydroxylation sites is 2. The van der Waals surface area contributed by atoms with E-state index in [1.807, 2.05) is 0 Å². The molecule has 0 saturated heterocycles. The van der Waals surface area contributed by atoms with Crippen LogP contribution in [0.1, 0.15) is 29.0 Å². The molecular formula is C51H33N3. The van der Waals surface area contributed by atoms with Crippen LogP contribution >= 0.6 is 0 Å². The Kier molecular flexibility index (Phi) is 6.23. The number of nitrogens with zero attached hydrogens (tertiary/aromatic N) is 3. The first-order valence-corrected chi connectivity index (χ1v) is 18.9. The summed E-state index contributed by atoms with van der Waals surface area (Å²) in [5, 5.41) is 6.09. The van der Waals surface area contributed by atoms with Gasteiger partial charge in [0.15, 0.2) is 0 Å². The Bertz CT molecular complexity index is 3150. The molecule has 2 heterocycles. The molecule has 2 aromatic heterocycles. The lowest BCUT2D eigenvalue weighted by molar-refractivity contribution is 0.741. The Hall–Kier alpha value is -6.84. The maximum atomic E-state index is 5.53. The summed E-state index contributed by atoms with van der Waals surface area (Å²) >= 11 is 0. The number of aryl methyl sites for hydroxylation is 1. The average molecular weight is 688 g/mol. The number of benzene rings is 8. The van der Waals surface area contributed by atoms with Gasteiger partial charge in [0, 0.05) is 33.2 Å².